The summed E-state index contributed by atoms with van der Waals surface area (Å²) in [4.78, 5) is 13.8. The average molecular weight is 213 g/mol. The molecule has 86 valence electrons. The zero-order valence-corrected chi connectivity index (χ0v) is 9.28. The van der Waals surface area contributed by atoms with Crippen molar-refractivity contribution in [2.45, 2.75) is 13.3 Å². The summed E-state index contributed by atoms with van der Waals surface area (Å²) in [6.45, 7) is 7.06. The lowest BCUT2D eigenvalue weighted by Crippen LogP contribution is -2.37. The van der Waals surface area contributed by atoms with Crippen LogP contribution in [0.3, 0.4) is 0 Å². The molecule has 2 rings (SSSR count). The van der Waals surface area contributed by atoms with Gasteiger partial charge < -0.3 is 9.47 Å². The lowest BCUT2D eigenvalue weighted by atomic mass is 10.3. The Kier molecular flexibility index (Phi) is 3.59. The normalized spacial score (nSPS) is 31.3. The molecule has 1 saturated heterocycles. The smallest absolute Gasteiger partial charge is 0.309 e. The fourth-order valence-corrected chi connectivity index (χ4v) is 2.10. The quantitative estimate of drug-likeness (QED) is 0.638. The van der Waals surface area contributed by atoms with Gasteiger partial charge in [0.15, 0.2) is 0 Å². The molecule has 0 aromatic rings. The van der Waals surface area contributed by atoms with E-state index in [0.29, 0.717) is 12.5 Å². The maximum Gasteiger partial charge on any atom is 0.309 e. The van der Waals surface area contributed by atoms with Gasteiger partial charge in [-0.25, -0.2) is 0 Å². The maximum absolute atomic E-state index is 11.4. The third kappa shape index (κ3) is 2.92. The van der Waals surface area contributed by atoms with Crippen LogP contribution in [0.2, 0.25) is 0 Å². The highest BCUT2D eigenvalue weighted by Gasteiger charge is 2.44. The molecule has 1 aliphatic carbocycles. The summed E-state index contributed by atoms with van der Waals surface area (Å²) in [5, 5.41) is 0. The summed E-state index contributed by atoms with van der Waals surface area (Å²) in [7, 11) is 0. The largest absolute Gasteiger partial charge is 0.466 e. The third-order valence-electron chi connectivity index (χ3n) is 3.11. The second-order valence-electron chi connectivity index (χ2n) is 4.27. The molecule has 4 heteroatoms. The van der Waals surface area contributed by atoms with Crippen LogP contribution in [0.15, 0.2) is 0 Å². The van der Waals surface area contributed by atoms with Gasteiger partial charge >= 0.3 is 5.97 Å². The van der Waals surface area contributed by atoms with E-state index in [1.165, 1.54) is 0 Å². The number of nitrogens with zero attached hydrogens (tertiary/aromatic N) is 1. The summed E-state index contributed by atoms with van der Waals surface area (Å²) >= 11 is 0. The Morgan fingerprint density at radius 2 is 2.20 bits per heavy atom. The molecule has 1 saturated carbocycles. The number of carbonyl (C=O) groups is 1. The van der Waals surface area contributed by atoms with Crippen molar-refractivity contribution in [1.29, 1.82) is 0 Å². The number of hydrogen-bond donors (Lipinski definition) is 0. The average Bonchev–Trinajstić information content (AvgIpc) is 2.99. The van der Waals surface area contributed by atoms with Crippen molar-refractivity contribution in [2.75, 3.05) is 39.5 Å². The predicted molar refractivity (Wildman–Crippen MR) is 55.5 cm³/mol. The van der Waals surface area contributed by atoms with E-state index in [2.05, 4.69) is 4.90 Å². The molecule has 0 spiro atoms. The molecule has 1 aliphatic heterocycles. The van der Waals surface area contributed by atoms with Gasteiger partial charge in [0.2, 0.25) is 0 Å². The van der Waals surface area contributed by atoms with Crippen molar-refractivity contribution in [1.82, 2.24) is 4.90 Å². The number of hydrogen-bond acceptors (Lipinski definition) is 4. The molecule has 0 radical (unpaired) electrons. The second kappa shape index (κ2) is 4.94. The van der Waals surface area contributed by atoms with Gasteiger partial charge in [-0.3, -0.25) is 9.69 Å². The van der Waals surface area contributed by atoms with E-state index in [4.69, 9.17) is 9.47 Å². The van der Waals surface area contributed by atoms with Gasteiger partial charge in [-0.15, -0.1) is 0 Å². The first kappa shape index (κ1) is 10.9. The molecule has 2 atom stereocenters. The van der Waals surface area contributed by atoms with Crippen molar-refractivity contribution in [3.8, 4) is 0 Å². The van der Waals surface area contributed by atoms with Crippen LogP contribution in [0.4, 0.5) is 0 Å². The van der Waals surface area contributed by atoms with Gasteiger partial charge in [0.25, 0.3) is 0 Å². The fraction of sp³-hybridized carbons (Fsp3) is 0.909. The summed E-state index contributed by atoms with van der Waals surface area (Å²) in [5.41, 5.74) is 0. The molecule has 2 aliphatic rings. The lowest BCUT2D eigenvalue weighted by Gasteiger charge is -2.26. The first-order chi connectivity index (χ1) is 7.31. The molecule has 0 unspecified atom stereocenters. The first-order valence-corrected chi connectivity index (χ1v) is 5.78. The van der Waals surface area contributed by atoms with E-state index >= 15 is 0 Å². The molecule has 15 heavy (non-hydrogen) atoms. The maximum atomic E-state index is 11.4. The summed E-state index contributed by atoms with van der Waals surface area (Å²) in [5.74, 6) is 0.700. The van der Waals surface area contributed by atoms with Gasteiger partial charge in [-0.2, -0.15) is 0 Å². The highest BCUT2D eigenvalue weighted by atomic mass is 16.5. The second-order valence-corrected chi connectivity index (χ2v) is 4.27. The van der Waals surface area contributed by atoms with Crippen molar-refractivity contribution in [3.05, 3.63) is 0 Å². The predicted octanol–water partition coefficient (Wildman–Crippen LogP) is 0.518. The van der Waals surface area contributed by atoms with Gasteiger partial charge in [-0.1, -0.05) is 0 Å². The zero-order chi connectivity index (χ0) is 10.7. The van der Waals surface area contributed by atoms with E-state index in [0.717, 1.165) is 39.3 Å². The summed E-state index contributed by atoms with van der Waals surface area (Å²) in [6, 6.07) is 0. The fourth-order valence-electron chi connectivity index (χ4n) is 2.10. The molecule has 0 N–H and O–H groups in total. The van der Waals surface area contributed by atoms with E-state index in [9.17, 15) is 4.79 Å². The lowest BCUT2D eigenvalue weighted by molar-refractivity contribution is -0.145. The summed E-state index contributed by atoms with van der Waals surface area (Å²) < 4.78 is 10.3. The molecular weight excluding hydrogens is 194 g/mol. The molecule has 2 fully saturated rings. The van der Waals surface area contributed by atoms with E-state index < -0.39 is 0 Å². The SMILES string of the molecule is CCOC(=O)[C@@H]1C[C@@H]1CN1CCOCC1. The minimum absolute atomic E-state index is 0.00393. The van der Waals surface area contributed by atoms with Crippen LogP contribution in [0, 0.1) is 11.8 Å². The Morgan fingerprint density at radius 3 is 2.87 bits per heavy atom. The van der Waals surface area contributed by atoms with Gasteiger partial charge in [-0.05, 0) is 19.3 Å². The third-order valence-corrected chi connectivity index (χ3v) is 3.11. The first-order valence-electron chi connectivity index (χ1n) is 5.78. The monoisotopic (exact) mass is 213 g/mol. The number of esters is 1. The van der Waals surface area contributed by atoms with Crippen LogP contribution in [0.25, 0.3) is 0 Å². The van der Waals surface area contributed by atoms with E-state index in [-0.39, 0.29) is 11.9 Å². The highest BCUT2D eigenvalue weighted by Crippen LogP contribution is 2.40. The molecule has 0 bridgehead atoms. The van der Waals surface area contributed by atoms with Gasteiger partial charge in [0.1, 0.15) is 0 Å². The number of carbonyl (C=O) groups excluding carboxylic acids is 1. The Bertz CT molecular complexity index is 226. The Morgan fingerprint density at radius 1 is 1.47 bits per heavy atom. The van der Waals surface area contributed by atoms with Gasteiger partial charge in [0, 0.05) is 19.6 Å². The van der Waals surface area contributed by atoms with Crippen LogP contribution < -0.4 is 0 Å². The standard InChI is InChI=1S/C11H19NO3/c1-2-15-11(13)10-7-9(10)8-12-3-5-14-6-4-12/h9-10H,2-8H2,1H3/t9-,10-/m1/s1. The topological polar surface area (TPSA) is 38.8 Å². The van der Waals surface area contributed by atoms with Gasteiger partial charge in [0.05, 0.1) is 25.7 Å². The number of rotatable bonds is 4. The Hall–Kier alpha value is -0.610. The summed E-state index contributed by atoms with van der Waals surface area (Å²) in [6.07, 6.45) is 1.01. The minimum atomic E-state index is -0.00393. The molecule has 0 aromatic carbocycles. The molecule has 4 nitrogen and oxygen atoms in total. The number of ether oxygens (including phenoxy) is 2. The van der Waals surface area contributed by atoms with Crippen LogP contribution in [0.1, 0.15) is 13.3 Å². The van der Waals surface area contributed by atoms with Crippen LogP contribution >= 0.6 is 0 Å². The van der Waals surface area contributed by atoms with E-state index in [1.807, 2.05) is 6.92 Å². The van der Waals surface area contributed by atoms with Crippen molar-refractivity contribution in [3.63, 3.8) is 0 Å². The van der Waals surface area contributed by atoms with E-state index in [1.54, 1.807) is 0 Å². The van der Waals surface area contributed by atoms with Crippen LogP contribution in [-0.4, -0.2) is 50.3 Å². The van der Waals surface area contributed by atoms with Crippen molar-refractivity contribution in [2.24, 2.45) is 11.8 Å². The molecular formula is C11H19NO3. The van der Waals surface area contributed by atoms with Crippen LogP contribution in [0.5, 0.6) is 0 Å². The molecule has 1 heterocycles. The highest BCUT2D eigenvalue weighted by molar-refractivity contribution is 5.75. The van der Waals surface area contributed by atoms with Crippen LogP contribution in [-0.2, 0) is 14.3 Å². The minimum Gasteiger partial charge on any atom is -0.466 e. The zero-order valence-electron chi connectivity index (χ0n) is 9.28. The number of morpholine rings is 1. The molecule has 0 amide bonds. The Balaban J connectivity index is 1.67. The molecule has 0 aromatic heterocycles. The van der Waals surface area contributed by atoms with Crippen molar-refractivity contribution >= 4 is 5.97 Å². The van der Waals surface area contributed by atoms with Crippen molar-refractivity contribution < 1.29 is 14.3 Å². The Labute approximate surface area is 90.5 Å².